The first-order valence-electron chi connectivity index (χ1n) is 14.0. The fourth-order valence-corrected chi connectivity index (χ4v) is 3.91. The van der Waals surface area contributed by atoms with E-state index in [2.05, 4.69) is 98.8 Å². The highest BCUT2D eigenvalue weighted by Gasteiger charge is 1.97. The van der Waals surface area contributed by atoms with Gasteiger partial charge >= 0.3 is 0 Å². The molecule has 0 aromatic carbocycles. The molecule has 0 aromatic rings. The maximum Gasteiger partial charge on any atom is -0.0288 e. The van der Waals surface area contributed by atoms with Crippen molar-refractivity contribution in [3.8, 4) is 0 Å². The molecule has 0 aliphatic carbocycles. The second-order valence-corrected chi connectivity index (χ2v) is 11.2. The lowest BCUT2D eigenvalue weighted by Gasteiger charge is -2.05. The highest BCUT2D eigenvalue weighted by Crippen LogP contribution is 2.16. The quantitative estimate of drug-likeness (QED) is 0.139. The topological polar surface area (TPSA) is 0 Å². The van der Waals surface area contributed by atoms with Crippen LogP contribution in [-0.2, 0) is 0 Å². The standard InChI is InChI=1S/C34H58/c1-28(2)16-12-19-32(7)22-13-20-30(5)17-10-11-18-31(6)21-14-23-33(8)24-15-25-34(9)27-26-29(3)4/h16-18,22-23,25,29H,10-15,19-21,24,26-27H2,1-9H3/b30-17+,31-18+,32-22+,33-23+,34-25+. The van der Waals surface area contributed by atoms with E-state index in [4.69, 9.17) is 0 Å². The van der Waals surface area contributed by atoms with Gasteiger partial charge in [-0.15, -0.1) is 0 Å². The van der Waals surface area contributed by atoms with Crippen LogP contribution in [-0.4, -0.2) is 0 Å². The molecule has 0 nitrogen and oxygen atoms in total. The van der Waals surface area contributed by atoms with Crippen LogP contribution in [0.25, 0.3) is 0 Å². The molecule has 34 heavy (non-hydrogen) atoms. The third kappa shape index (κ3) is 22.2. The molecule has 0 heterocycles. The number of unbranched alkanes of at least 4 members (excludes halogenated alkanes) is 1. The maximum atomic E-state index is 2.45. The average molecular weight is 467 g/mol. The summed E-state index contributed by atoms with van der Waals surface area (Å²) >= 11 is 0. The van der Waals surface area contributed by atoms with Gasteiger partial charge in [-0.1, -0.05) is 83.7 Å². The van der Waals surface area contributed by atoms with Gasteiger partial charge in [0.15, 0.2) is 0 Å². The van der Waals surface area contributed by atoms with Crippen LogP contribution in [0, 0.1) is 5.92 Å². The number of hydrogen-bond donors (Lipinski definition) is 0. The predicted molar refractivity (Wildman–Crippen MR) is 158 cm³/mol. The normalized spacial score (nSPS) is 14.2. The molecule has 0 fully saturated rings. The summed E-state index contributed by atoms with van der Waals surface area (Å²) in [4.78, 5) is 0. The first-order chi connectivity index (χ1) is 16.1. The van der Waals surface area contributed by atoms with E-state index in [1.165, 1.54) is 99.3 Å². The van der Waals surface area contributed by atoms with Gasteiger partial charge in [-0.25, -0.2) is 0 Å². The van der Waals surface area contributed by atoms with E-state index < -0.39 is 0 Å². The maximum absolute atomic E-state index is 2.45. The molecule has 0 bridgehead atoms. The van der Waals surface area contributed by atoms with Gasteiger partial charge in [-0.2, -0.15) is 0 Å². The van der Waals surface area contributed by atoms with E-state index in [-0.39, 0.29) is 0 Å². The molecular weight excluding hydrogens is 408 g/mol. The smallest absolute Gasteiger partial charge is 0.0288 e. The van der Waals surface area contributed by atoms with Crippen molar-refractivity contribution < 1.29 is 0 Å². The lowest BCUT2D eigenvalue weighted by Crippen LogP contribution is -1.88. The Morgan fingerprint density at radius 3 is 1.03 bits per heavy atom. The van der Waals surface area contributed by atoms with Crippen LogP contribution < -0.4 is 0 Å². The van der Waals surface area contributed by atoms with Crippen molar-refractivity contribution in [2.75, 3.05) is 0 Å². The molecule has 0 heteroatoms. The zero-order valence-corrected chi connectivity index (χ0v) is 24.5. The van der Waals surface area contributed by atoms with E-state index in [1.54, 1.807) is 11.1 Å². The van der Waals surface area contributed by atoms with Crippen molar-refractivity contribution in [3.63, 3.8) is 0 Å². The molecule has 0 radical (unpaired) electrons. The van der Waals surface area contributed by atoms with Crippen molar-refractivity contribution in [3.05, 3.63) is 69.9 Å². The van der Waals surface area contributed by atoms with Crippen LogP contribution in [0.2, 0.25) is 0 Å². The van der Waals surface area contributed by atoms with E-state index >= 15 is 0 Å². The summed E-state index contributed by atoms with van der Waals surface area (Å²) < 4.78 is 0. The van der Waals surface area contributed by atoms with Crippen LogP contribution in [0.1, 0.15) is 139 Å². The van der Waals surface area contributed by atoms with Crippen LogP contribution in [0.3, 0.4) is 0 Å². The van der Waals surface area contributed by atoms with Gasteiger partial charge in [0.1, 0.15) is 0 Å². The summed E-state index contributed by atoms with van der Waals surface area (Å²) in [7, 11) is 0. The SMILES string of the molecule is CC(C)=CCC/C(C)=C/CC/C(C)=C/CC/C=C(\C)CC/C=C(\C)CC/C=C(\C)CCC(C)C. The summed E-state index contributed by atoms with van der Waals surface area (Å²) in [6.45, 7) is 20.4. The van der Waals surface area contributed by atoms with E-state index in [1.807, 2.05) is 0 Å². The van der Waals surface area contributed by atoms with Crippen molar-refractivity contribution in [1.82, 2.24) is 0 Å². The predicted octanol–water partition coefficient (Wildman–Crippen LogP) is 12.0. The van der Waals surface area contributed by atoms with Crippen molar-refractivity contribution >= 4 is 0 Å². The summed E-state index contributed by atoms with van der Waals surface area (Å²) in [6.07, 6.45) is 29.0. The molecular formula is C34H58. The molecule has 0 aliphatic rings. The lowest BCUT2D eigenvalue weighted by atomic mass is 10.0. The monoisotopic (exact) mass is 466 g/mol. The van der Waals surface area contributed by atoms with Gasteiger partial charge in [0.25, 0.3) is 0 Å². The molecule has 0 N–H and O–H groups in total. The Balaban J connectivity index is 4.09. The third-order valence-electron chi connectivity index (χ3n) is 6.45. The van der Waals surface area contributed by atoms with Crippen LogP contribution in [0.15, 0.2) is 69.9 Å². The minimum absolute atomic E-state index is 0.806. The first kappa shape index (κ1) is 32.4. The molecule has 0 spiro atoms. The molecule has 0 rings (SSSR count). The van der Waals surface area contributed by atoms with Crippen molar-refractivity contribution in [2.45, 2.75) is 139 Å². The Kier molecular flexibility index (Phi) is 19.8. The number of allylic oxidation sites excluding steroid dienone is 12. The van der Waals surface area contributed by atoms with Crippen molar-refractivity contribution in [2.24, 2.45) is 5.92 Å². The second kappa shape index (κ2) is 20.8. The van der Waals surface area contributed by atoms with Crippen LogP contribution in [0.5, 0.6) is 0 Å². The number of rotatable bonds is 18. The fraction of sp³-hybridized carbons (Fsp3) is 0.647. The molecule has 194 valence electrons. The Bertz CT molecular complexity index is 711. The van der Waals surface area contributed by atoms with Gasteiger partial charge in [0.05, 0.1) is 0 Å². The van der Waals surface area contributed by atoms with Gasteiger partial charge in [0.2, 0.25) is 0 Å². The fourth-order valence-electron chi connectivity index (χ4n) is 3.91. The second-order valence-electron chi connectivity index (χ2n) is 11.2. The molecule has 0 atom stereocenters. The summed E-state index contributed by atoms with van der Waals surface area (Å²) in [5.74, 6) is 0.806. The summed E-state index contributed by atoms with van der Waals surface area (Å²) in [5, 5.41) is 0. The van der Waals surface area contributed by atoms with Gasteiger partial charge in [0, 0.05) is 0 Å². The van der Waals surface area contributed by atoms with Crippen molar-refractivity contribution in [1.29, 1.82) is 0 Å². The minimum atomic E-state index is 0.806. The molecule has 0 aliphatic heterocycles. The highest BCUT2D eigenvalue weighted by molar-refractivity contribution is 5.08. The lowest BCUT2D eigenvalue weighted by molar-refractivity contribution is 0.583. The summed E-state index contributed by atoms with van der Waals surface area (Å²) in [5.41, 5.74) is 9.13. The highest BCUT2D eigenvalue weighted by atomic mass is 14.0. The molecule has 0 unspecified atom stereocenters. The number of hydrogen-bond acceptors (Lipinski definition) is 0. The van der Waals surface area contributed by atoms with E-state index in [0.717, 1.165) is 5.92 Å². The zero-order chi connectivity index (χ0) is 25.8. The summed E-state index contributed by atoms with van der Waals surface area (Å²) in [6, 6.07) is 0. The molecule has 0 saturated heterocycles. The molecule has 0 amide bonds. The Morgan fingerprint density at radius 1 is 0.412 bits per heavy atom. The van der Waals surface area contributed by atoms with Gasteiger partial charge in [-0.3, -0.25) is 0 Å². The zero-order valence-electron chi connectivity index (χ0n) is 24.5. The van der Waals surface area contributed by atoms with Gasteiger partial charge in [-0.05, 0) is 131 Å². The first-order valence-corrected chi connectivity index (χ1v) is 14.0. The Morgan fingerprint density at radius 2 is 0.706 bits per heavy atom. The van der Waals surface area contributed by atoms with Crippen LogP contribution >= 0.6 is 0 Å². The molecule has 0 saturated carbocycles. The third-order valence-corrected chi connectivity index (χ3v) is 6.45. The van der Waals surface area contributed by atoms with E-state index in [0.29, 0.717) is 0 Å². The average Bonchev–Trinajstić information content (AvgIpc) is 2.75. The minimum Gasteiger partial charge on any atom is -0.0856 e. The molecule has 0 aromatic heterocycles. The Labute approximate surface area is 215 Å². The van der Waals surface area contributed by atoms with E-state index in [9.17, 15) is 0 Å². The largest absolute Gasteiger partial charge is 0.0856 e. The van der Waals surface area contributed by atoms with Gasteiger partial charge < -0.3 is 0 Å². The van der Waals surface area contributed by atoms with Crippen LogP contribution in [0.4, 0.5) is 0 Å². The Hall–Kier alpha value is -1.56.